The second-order valence-corrected chi connectivity index (χ2v) is 38.7. The van der Waals surface area contributed by atoms with Crippen molar-refractivity contribution >= 4 is 81.3 Å². The standard InChI is InChI=1S/C76H102Cl2O8P2/c1-45(67(79)83-27)85-65-59(77)29-31-61(87(81,55-37-47(69(3,4)5)33-48(38-55)70(6,7)8)56-39-49(71(9,10)11)34-50(40-56)72(12,13)14)63(65)64-62(32-30-60(78)66(64)86-46(2)68(80)84-28)88(82,57-41-51(73(15,16)17)35-52(42-57)74(18,19)20)58-43-53(75(21,22)23)36-54(44-58)76(24,25)26/h29-46H,1-28H3. The first-order valence-corrected chi connectivity index (χ1v) is 35.0. The van der Waals surface area contributed by atoms with Gasteiger partial charge in [0.1, 0.15) is 11.5 Å². The smallest absolute Gasteiger partial charge is 0.346 e. The van der Waals surface area contributed by atoms with E-state index in [0.29, 0.717) is 21.2 Å². The molecular formula is C76H102Cl2O8P2. The van der Waals surface area contributed by atoms with Crippen LogP contribution in [-0.4, -0.2) is 38.4 Å². The summed E-state index contributed by atoms with van der Waals surface area (Å²) in [6.45, 7) is 54.7. The lowest BCUT2D eigenvalue weighted by atomic mass is 9.81. The molecule has 0 amide bonds. The van der Waals surface area contributed by atoms with Crippen LogP contribution in [0.25, 0.3) is 11.1 Å². The van der Waals surface area contributed by atoms with Gasteiger partial charge in [-0.05, 0) is 174 Å². The third-order valence-corrected chi connectivity index (χ3v) is 23.5. The second kappa shape index (κ2) is 24.8. The van der Waals surface area contributed by atoms with Gasteiger partial charge >= 0.3 is 11.9 Å². The van der Waals surface area contributed by atoms with Crippen molar-refractivity contribution in [1.82, 2.24) is 0 Å². The summed E-state index contributed by atoms with van der Waals surface area (Å²) in [4.78, 5) is 27.9. The summed E-state index contributed by atoms with van der Waals surface area (Å²) < 4.78 is 62.6. The molecule has 0 aliphatic carbocycles. The van der Waals surface area contributed by atoms with Crippen molar-refractivity contribution in [2.75, 3.05) is 14.2 Å². The summed E-state index contributed by atoms with van der Waals surface area (Å²) >= 11 is 15.4. The summed E-state index contributed by atoms with van der Waals surface area (Å²) in [5, 5.41) is 2.58. The SMILES string of the molecule is COC(=O)C(C)Oc1c(Cl)ccc(P(=O)(c2cc(C(C)(C)C)cc(C(C)(C)C)c2)c2cc(C(C)(C)C)cc(C(C)(C)C)c2)c1-c1c(P(=O)(c2cc(C(C)(C)C)cc(C(C)(C)C)c2)c2cc(C(C)(C)C)cc(C(C)(C)C)c2)ccc(Cl)c1OC(C)C(=O)OC. The van der Waals surface area contributed by atoms with Gasteiger partial charge in [-0.1, -0.05) is 214 Å². The highest BCUT2D eigenvalue weighted by Crippen LogP contribution is 2.57. The van der Waals surface area contributed by atoms with Crippen LogP contribution in [0.3, 0.4) is 0 Å². The zero-order chi connectivity index (χ0) is 67.0. The monoisotopic (exact) mass is 1270 g/mol. The maximum absolute atomic E-state index is 19.0. The molecule has 0 saturated heterocycles. The number of ether oxygens (including phenoxy) is 4. The number of hydrogen-bond acceptors (Lipinski definition) is 8. The molecule has 12 heteroatoms. The average molecular weight is 1280 g/mol. The number of carbonyl (C=O) groups excluding carboxylic acids is 2. The number of hydrogen-bond donors (Lipinski definition) is 0. The van der Waals surface area contributed by atoms with E-state index in [1.54, 1.807) is 38.1 Å². The molecule has 0 aromatic heterocycles. The van der Waals surface area contributed by atoms with Crippen molar-refractivity contribution in [1.29, 1.82) is 0 Å². The largest absolute Gasteiger partial charge is 0.477 e. The molecule has 88 heavy (non-hydrogen) atoms. The molecule has 0 bridgehead atoms. The lowest BCUT2D eigenvalue weighted by molar-refractivity contribution is -0.148. The van der Waals surface area contributed by atoms with E-state index in [9.17, 15) is 9.59 Å². The molecule has 0 aliphatic rings. The topological polar surface area (TPSA) is 105 Å². The van der Waals surface area contributed by atoms with Gasteiger partial charge in [-0.2, -0.15) is 0 Å². The number of benzene rings is 6. The zero-order valence-electron chi connectivity index (χ0n) is 58.3. The van der Waals surface area contributed by atoms with Gasteiger partial charge in [0.15, 0.2) is 26.5 Å². The van der Waals surface area contributed by atoms with E-state index in [1.165, 1.54) is 14.2 Å². The number of rotatable bonds is 13. The summed E-state index contributed by atoms with van der Waals surface area (Å²) in [7, 11) is -6.35. The fraction of sp³-hybridized carbons (Fsp3) is 0.500. The van der Waals surface area contributed by atoms with Crippen LogP contribution < -0.4 is 41.3 Å². The Kier molecular flexibility index (Phi) is 20.3. The van der Waals surface area contributed by atoms with Gasteiger partial charge in [0.2, 0.25) is 0 Å². The van der Waals surface area contributed by atoms with Gasteiger partial charge in [-0.3, -0.25) is 0 Å². The molecule has 0 N–H and O–H groups in total. The molecular weight excluding hydrogens is 1170 g/mol. The van der Waals surface area contributed by atoms with Crippen molar-refractivity contribution in [2.24, 2.45) is 0 Å². The zero-order valence-corrected chi connectivity index (χ0v) is 61.6. The maximum Gasteiger partial charge on any atom is 0.346 e. The van der Waals surface area contributed by atoms with Gasteiger partial charge in [-0.25, -0.2) is 9.59 Å². The molecule has 8 nitrogen and oxygen atoms in total. The minimum absolute atomic E-state index is 0.0286. The third-order valence-electron chi connectivity index (χ3n) is 16.8. The Morgan fingerprint density at radius 3 is 0.682 bits per heavy atom. The maximum atomic E-state index is 19.0. The Morgan fingerprint density at radius 2 is 0.523 bits per heavy atom. The molecule has 6 aromatic carbocycles. The average Bonchev–Trinajstić information content (AvgIpc) is 0.735. The molecule has 2 atom stereocenters. The number of halogens is 2. The van der Waals surface area contributed by atoms with Crippen molar-refractivity contribution < 1.29 is 37.7 Å². The molecule has 0 radical (unpaired) electrons. The van der Waals surface area contributed by atoms with Gasteiger partial charge in [0.05, 0.1) is 24.3 Å². The van der Waals surface area contributed by atoms with Crippen molar-refractivity contribution in [3.05, 3.63) is 152 Å². The Labute approximate surface area is 539 Å². The van der Waals surface area contributed by atoms with E-state index >= 15 is 9.13 Å². The highest BCUT2D eigenvalue weighted by Gasteiger charge is 2.45. The van der Waals surface area contributed by atoms with E-state index in [4.69, 9.17) is 42.1 Å². The lowest BCUT2D eigenvalue weighted by Gasteiger charge is -2.34. The Hall–Kier alpha value is -5.10. The summed E-state index contributed by atoms with van der Waals surface area (Å²) in [6.07, 6.45) is -2.62. The molecule has 478 valence electrons. The fourth-order valence-electron chi connectivity index (χ4n) is 10.6. The van der Waals surface area contributed by atoms with Crippen LogP contribution in [0.2, 0.25) is 10.0 Å². The predicted octanol–water partition coefficient (Wildman–Crippen LogP) is 18.2. The Bertz CT molecular complexity index is 3210. The molecule has 0 saturated carbocycles. The van der Waals surface area contributed by atoms with Crippen LogP contribution in [0.15, 0.2) is 97.1 Å². The number of methoxy groups -OCH3 is 2. The lowest BCUT2D eigenvalue weighted by Crippen LogP contribution is -2.35. The minimum atomic E-state index is -4.45. The van der Waals surface area contributed by atoms with Crippen molar-refractivity contribution in [2.45, 2.75) is 236 Å². The van der Waals surface area contributed by atoms with Crippen LogP contribution in [-0.2, 0) is 71.5 Å². The highest BCUT2D eigenvalue weighted by molar-refractivity contribution is 7.86. The molecule has 0 spiro atoms. The molecule has 6 rings (SSSR count). The van der Waals surface area contributed by atoms with E-state index in [-0.39, 0.29) is 43.3 Å². The number of esters is 2. The summed E-state index contributed by atoms with van der Waals surface area (Å²) in [5.41, 5.74) is 4.35. The highest BCUT2D eigenvalue weighted by atomic mass is 35.5. The summed E-state index contributed by atoms with van der Waals surface area (Å²) in [5.74, 6) is -1.59. The molecule has 2 unspecified atom stereocenters. The van der Waals surface area contributed by atoms with E-state index in [0.717, 1.165) is 44.5 Å². The van der Waals surface area contributed by atoms with Crippen LogP contribution >= 0.6 is 37.5 Å². The molecule has 0 fully saturated rings. The Morgan fingerprint density at radius 1 is 0.341 bits per heavy atom. The second-order valence-electron chi connectivity index (χ2n) is 32.4. The van der Waals surface area contributed by atoms with Gasteiger partial charge < -0.3 is 28.1 Å². The van der Waals surface area contributed by atoms with Gasteiger partial charge in [0.25, 0.3) is 0 Å². The molecule has 0 aliphatic heterocycles. The van der Waals surface area contributed by atoms with Crippen LogP contribution in [0, 0.1) is 0 Å². The van der Waals surface area contributed by atoms with E-state index < -0.39 is 81.8 Å². The molecule has 6 aromatic rings. The van der Waals surface area contributed by atoms with Crippen LogP contribution in [0.1, 0.15) is 225 Å². The molecule has 0 heterocycles. The van der Waals surface area contributed by atoms with Crippen LogP contribution in [0.4, 0.5) is 0 Å². The normalized spacial score (nSPS) is 14.1. The summed E-state index contributed by atoms with van der Waals surface area (Å²) in [6, 6.07) is 32.1. The van der Waals surface area contributed by atoms with Crippen molar-refractivity contribution in [3.8, 4) is 22.6 Å². The third kappa shape index (κ3) is 15.1. The first-order chi connectivity index (χ1) is 39.8. The first kappa shape index (κ1) is 72.0. The van der Waals surface area contributed by atoms with Crippen molar-refractivity contribution in [3.63, 3.8) is 0 Å². The first-order valence-electron chi connectivity index (χ1n) is 30.8. The van der Waals surface area contributed by atoms with Gasteiger partial charge in [-0.15, -0.1) is 0 Å². The van der Waals surface area contributed by atoms with Gasteiger partial charge in [0, 0.05) is 43.0 Å². The fourth-order valence-corrected chi connectivity index (χ4v) is 16.9. The number of carbonyl (C=O) groups is 2. The van der Waals surface area contributed by atoms with Crippen LogP contribution in [0.5, 0.6) is 11.5 Å². The predicted molar refractivity (Wildman–Crippen MR) is 374 cm³/mol. The Balaban J connectivity index is 2.16. The minimum Gasteiger partial charge on any atom is -0.477 e. The van der Waals surface area contributed by atoms with E-state index in [2.05, 4.69) is 239 Å². The quantitative estimate of drug-likeness (QED) is 0.0832. The van der Waals surface area contributed by atoms with E-state index in [1.807, 2.05) is 0 Å².